The molecule has 0 bridgehead atoms. The van der Waals surface area contributed by atoms with Gasteiger partial charge in [0.05, 0.1) is 24.4 Å². The summed E-state index contributed by atoms with van der Waals surface area (Å²) in [6.45, 7) is 0. The molecule has 0 aliphatic carbocycles. The molecule has 10 heteroatoms. The van der Waals surface area contributed by atoms with Gasteiger partial charge >= 0.3 is 0 Å². The Morgan fingerprint density at radius 2 is 1.92 bits per heavy atom. The topological polar surface area (TPSA) is 108 Å². The number of aromatic amines is 1. The predicted octanol–water partition coefficient (Wildman–Crippen LogP) is 2.11. The van der Waals surface area contributed by atoms with Crippen molar-refractivity contribution in [3.8, 4) is 17.1 Å². The van der Waals surface area contributed by atoms with Gasteiger partial charge < -0.3 is 14.5 Å². The van der Waals surface area contributed by atoms with Crippen LogP contribution in [0.25, 0.3) is 22.0 Å². The third-order valence-electron chi connectivity index (χ3n) is 3.81. The van der Waals surface area contributed by atoms with E-state index >= 15 is 0 Å². The highest BCUT2D eigenvalue weighted by atomic mass is 31.2. The third-order valence-corrected chi connectivity index (χ3v) is 4.43. The Balaban J connectivity index is 2.19. The summed E-state index contributed by atoms with van der Waals surface area (Å²) < 4.78 is 33.8. The van der Waals surface area contributed by atoms with Crippen LogP contribution in [0.3, 0.4) is 0 Å². The molecule has 3 rings (SSSR count). The van der Waals surface area contributed by atoms with E-state index in [0.717, 1.165) is 12.1 Å². The van der Waals surface area contributed by atoms with Crippen LogP contribution in [0.4, 0.5) is 8.78 Å². The molecule has 0 saturated carbocycles. The van der Waals surface area contributed by atoms with E-state index in [4.69, 9.17) is 14.5 Å². The second-order valence-corrected chi connectivity index (χ2v) is 6.63. The van der Waals surface area contributed by atoms with Gasteiger partial charge in [0.1, 0.15) is 11.6 Å². The van der Waals surface area contributed by atoms with E-state index in [1.807, 2.05) is 0 Å². The molecule has 3 N–H and O–H groups in total. The smallest absolute Gasteiger partial charge is 0.274 e. The van der Waals surface area contributed by atoms with Crippen LogP contribution in [-0.2, 0) is 6.42 Å². The summed E-state index contributed by atoms with van der Waals surface area (Å²) >= 11 is 0. The standard InChI is InChI=1S/C16H14F2N3O4P/c1-25-13-6-9-7-19-21-16(22)14(9)15(20-13)8-4-11(17)10(12(18)5-8)2-3-26(23)24/h4-7,23-24H,2-3H2,1H3,(H,21,22). The molecule has 26 heavy (non-hydrogen) atoms. The van der Waals surface area contributed by atoms with Crippen molar-refractivity contribution >= 4 is 19.1 Å². The van der Waals surface area contributed by atoms with Crippen molar-refractivity contribution in [3.05, 3.63) is 51.9 Å². The first-order chi connectivity index (χ1) is 12.4. The maximum absolute atomic E-state index is 14.4. The lowest BCUT2D eigenvalue weighted by atomic mass is 10.0. The average molecular weight is 381 g/mol. The number of ether oxygens (including phenoxy) is 1. The van der Waals surface area contributed by atoms with Crippen molar-refractivity contribution in [2.75, 3.05) is 13.3 Å². The highest BCUT2D eigenvalue weighted by Crippen LogP contribution is 2.31. The molecule has 0 saturated heterocycles. The first-order valence-corrected chi connectivity index (χ1v) is 8.90. The number of nitrogens with one attached hydrogen (secondary N) is 1. The van der Waals surface area contributed by atoms with Crippen molar-refractivity contribution < 1.29 is 23.3 Å². The number of aromatic nitrogens is 3. The molecule has 0 fully saturated rings. The number of halogens is 2. The van der Waals surface area contributed by atoms with E-state index in [9.17, 15) is 13.6 Å². The number of H-pyrrole nitrogens is 1. The van der Waals surface area contributed by atoms with Gasteiger partial charge in [0.25, 0.3) is 5.56 Å². The van der Waals surface area contributed by atoms with E-state index in [1.54, 1.807) is 0 Å². The monoisotopic (exact) mass is 381 g/mol. The molecule has 136 valence electrons. The summed E-state index contributed by atoms with van der Waals surface area (Å²) in [6, 6.07) is 3.60. The minimum absolute atomic E-state index is 0.0546. The summed E-state index contributed by atoms with van der Waals surface area (Å²) in [6.07, 6.45) is 1.08. The van der Waals surface area contributed by atoms with Gasteiger partial charge in [0.2, 0.25) is 5.88 Å². The fourth-order valence-electron chi connectivity index (χ4n) is 2.60. The number of rotatable bonds is 5. The fraction of sp³-hybridized carbons (Fsp3) is 0.188. The van der Waals surface area contributed by atoms with Crippen LogP contribution in [0.5, 0.6) is 5.88 Å². The Morgan fingerprint density at radius 3 is 2.54 bits per heavy atom. The quantitative estimate of drug-likeness (QED) is 0.584. The molecule has 7 nitrogen and oxygen atoms in total. The first-order valence-electron chi connectivity index (χ1n) is 7.46. The molecule has 0 unspecified atom stereocenters. The van der Waals surface area contributed by atoms with Crippen molar-refractivity contribution in [1.82, 2.24) is 15.2 Å². The Morgan fingerprint density at radius 1 is 1.23 bits per heavy atom. The molecule has 3 aromatic rings. The summed E-state index contributed by atoms with van der Waals surface area (Å²) in [4.78, 5) is 34.2. The Hall–Kier alpha value is -2.48. The van der Waals surface area contributed by atoms with Crippen LogP contribution < -0.4 is 10.3 Å². The van der Waals surface area contributed by atoms with Crippen molar-refractivity contribution in [1.29, 1.82) is 0 Å². The van der Waals surface area contributed by atoms with Gasteiger partial charge in [-0.2, -0.15) is 5.10 Å². The van der Waals surface area contributed by atoms with Gasteiger partial charge in [-0.05, 0) is 18.6 Å². The maximum atomic E-state index is 14.4. The summed E-state index contributed by atoms with van der Waals surface area (Å²) in [5.41, 5.74) is -0.700. The molecule has 0 aliphatic rings. The molecular weight excluding hydrogens is 367 g/mol. The fourth-order valence-corrected chi connectivity index (χ4v) is 3.02. The van der Waals surface area contributed by atoms with Crippen LogP contribution in [0.2, 0.25) is 0 Å². The van der Waals surface area contributed by atoms with Gasteiger partial charge in [0, 0.05) is 28.7 Å². The highest BCUT2D eigenvalue weighted by molar-refractivity contribution is 7.45. The number of benzene rings is 1. The lowest BCUT2D eigenvalue weighted by molar-refractivity contribution is 0.399. The van der Waals surface area contributed by atoms with E-state index in [0.29, 0.717) is 5.39 Å². The largest absolute Gasteiger partial charge is 0.481 e. The number of methoxy groups -OCH3 is 1. The van der Waals surface area contributed by atoms with Crippen molar-refractivity contribution in [2.45, 2.75) is 6.42 Å². The lowest BCUT2D eigenvalue weighted by Crippen LogP contribution is -2.10. The van der Waals surface area contributed by atoms with Crippen LogP contribution in [0.1, 0.15) is 5.56 Å². The van der Waals surface area contributed by atoms with Gasteiger partial charge in [-0.25, -0.2) is 18.9 Å². The average Bonchev–Trinajstić information content (AvgIpc) is 2.59. The number of pyridine rings is 1. The molecular formula is C16H14F2N3O4P. The van der Waals surface area contributed by atoms with Gasteiger partial charge in [-0.15, -0.1) is 0 Å². The molecule has 2 aromatic heterocycles. The second-order valence-electron chi connectivity index (χ2n) is 5.44. The van der Waals surface area contributed by atoms with Crippen LogP contribution >= 0.6 is 8.38 Å². The van der Waals surface area contributed by atoms with Gasteiger partial charge in [-0.1, -0.05) is 0 Å². The zero-order valence-corrected chi connectivity index (χ0v) is 14.4. The molecule has 0 radical (unpaired) electrons. The van der Waals surface area contributed by atoms with E-state index in [1.165, 1.54) is 19.4 Å². The minimum Gasteiger partial charge on any atom is -0.481 e. The van der Waals surface area contributed by atoms with Crippen molar-refractivity contribution in [2.24, 2.45) is 0 Å². The van der Waals surface area contributed by atoms with Crippen molar-refractivity contribution in [3.63, 3.8) is 0 Å². The first kappa shape index (κ1) is 18.3. The van der Waals surface area contributed by atoms with E-state index in [2.05, 4.69) is 15.2 Å². The van der Waals surface area contributed by atoms with Gasteiger partial charge in [0.15, 0.2) is 8.38 Å². The van der Waals surface area contributed by atoms with Crippen LogP contribution in [0.15, 0.2) is 29.2 Å². The van der Waals surface area contributed by atoms with Crippen LogP contribution in [0, 0.1) is 11.6 Å². The summed E-state index contributed by atoms with van der Waals surface area (Å²) in [7, 11) is -0.870. The Kier molecular flexibility index (Phi) is 5.22. The number of fused-ring (bicyclic) bond motifs is 1. The van der Waals surface area contributed by atoms with Gasteiger partial charge in [-0.3, -0.25) is 4.79 Å². The normalized spacial score (nSPS) is 11.3. The zero-order valence-electron chi connectivity index (χ0n) is 13.5. The molecule has 0 aliphatic heterocycles. The highest BCUT2D eigenvalue weighted by Gasteiger charge is 2.18. The maximum Gasteiger partial charge on any atom is 0.274 e. The summed E-state index contributed by atoms with van der Waals surface area (Å²) in [5.74, 6) is -1.56. The van der Waals surface area contributed by atoms with E-state index in [-0.39, 0.29) is 40.7 Å². The number of hydrogen-bond acceptors (Lipinski definition) is 6. The molecule has 0 amide bonds. The number of hydrogen-bond donors (Lipinski definition) is 3. The molecule has 0 spiro atoms. The SMILES string of the molecule is COc1cc2cn[nH]c(=O)c2c(-c2cc(F)c(CCP(O)O)c(F)c2)n1. The zero-order chi connectivity index (χ0) is 18.8. The predicted molar refractivity (Wildman–Crippen MR) is 92.0 cm³/mol. The molecule has 0 atom stereocenters. The summed E-state index contributed by atoms with van der Waals surface area (Å²) in [5, 5.41) is 6.50. The Bertz CT molecular complexity index is 1000. The minimum atomic E-state index is -2.25. The lowest BCUT2D eigenvalue weighted by Gasteiger charge is -2.11. The molecule has 1 aromatic carbocycles. The van der Waals surface area contributed by atoms with Crippen LogP contribution in [-0.4, -0.2) is 38.2 Å². The second kappa shape index (κ2) is 7.41. The number of nitrogens with zero attached hydrogens (tertiary/aromatic N) is 2. The third kappa shape index (κ3) is 3.55. The molecule has 2 heterocycles. The Labute approximate surface area is 147 Å². The van der Waals surface area contributed by atoms with E-state index < -0.39 is 25.6 Å².